The topological polar surface area (TPSA) is 21.1 Å². The Morgan fingerprint density at radius 2 is 1.93 bits per heavy atom. The van der Waals surface area contributed by atoms with Crippen LogP contribution in [-0.4, -0.2) is 16.7 Å². The number of hydrogen-bond acceptors (Lipinski definition) is 2. The van der Waals surface area contributed by atoms with Gasteiger partial charge in [0, 0.05) is 19.4 Å². The van der Waals surface area contributed by atoms with E-state index < -0.39 is 0 Å². The lowest BCUT2D eigenvalue weighted by atomic mass is 10.3. The summed E-state index contributed by atoms with van der Waals surface area (Å²) in [6.45, 7) is 1.99. The van der Waals surface area contributed by atoms with Crippen LogP contribution >= 0.6 is 0 Å². The zero-order valence-electron chi connectivity index (χ0n) is 8.38. The summed E-state index contributed by atoms with van der Waals surface area (Å²) in [6.07, 6.45) is 3.75. The molecular formula is C11H13N3. The van der Waals surface area contributed by atoms with Crippen molar-refractivity contribution in [2.24, 2.45) is 0 Å². The number of para-hydroxylation sites is 1. The van der Waals surface area contributed by atoms with E-state index in [1.807, 2.05) is 43.0 Å². The van der Waals surface area contributed by atoms with Crippen molar-refractivity contribution in [3.63, 3.8) is 0 Å². The van der Waals surface area contributed by atoms with Gasteiger partial charge in [-0.3, -0.25) is 5.01 Å². The van der Waals surface area contributed by atoms with Gasteiger partial charge in [0.05, 0.1) is 5.69 Å². The second kappa shape index (κ2) is 3.54. The highest BCUT2D eigenvalue weighted by Crippen LogP contribution is 2.12. The van der Waals surface area contributed by atoms with Gasteiger partial charge in [-0.25, -0.2) is 9.66 Å². The number of nitrogens with zero attached hydrogens (tertiary/aromatic N) is 3. The van der Waals surface area contributed by atoms with Crippen LogP contribution in [0.25, 0.3) is 0 Å². The van der Waals surface area contributed by atoms with Gasteiger partial charge in [-0.1, -0.05) is 18.2 Å². The van der Waals surface area contributed by atoms with Gasteiger partial charge in [-0.15, -0.1) is 0 Å². The van der Waals surface area contributed by atoms with Gasteiger partial charge in [-0.05, 0) is 19.1 Å². The first-order chi connectivity index (χ1) is 6.79. The number of rotatable bonds is 2. The molecule has 0 aliphatic rings. The number of hydrogen-bond donors (Lipinski definition) is 0. The maximum atomic E-state index is 4.18. The molecule has 1 aromatic heterocycles. The first kappa shape index (κ1) is 8.81. The molecule has 0 fully saturated rings. The fraction of sp³-hybridized carbons (Fsp3) is 0.182. The highest BCUT2D eigenvalue weighted by Gasteiger charge is 2.03. The average molecular weight is 187 g/mol. The lowest BCUT2D eigenvalue weighted by Gasteiger charge is -2.21. The van der Waals surface area contributed by atoms with E-state index in [1.165, 1.54) is 0 Å². The first-order valence-electron chi connectivity index (χ1n) is 4.58. The molecule has 3 nitrogen and oxygen atoms in total. The Hall–Kier alpha value is -1.77. The number of imidazole rings is 1. The Morgan fingerprint density at radius 1 is 1.21 bits per heavy atom. The molecule has 0 amide bonds. The van der Waals surface area contributed by atoms with Crippen molar-refractivity contribution >= 4 is 5.69 Å². The molecular weight excluding hydrogens is 174 g/mol. The van der Waals surface area contributed by atoms with Crippen molar-refractivity contribution in [2.45, 2.75) is 6.92 Å². The van der Waals surface area contributed by atoms with Crippen molar-refractivity contribution in [3.05, 3.63) is 48.5 Å². The molecule has 2 aromatic rings. The molecule has 3 heteroatoms. The van der Waals surface area contributed by atoms with E-state index >= 15 is 0 Å². The van der Waals surface area contributed by atoms with Crippen LogP contribution in [0, 0.1) is 6.92 Å². The van der Waals surface area contributed by atoms with E-state index in [1.54, 1.807) is 6.20 Å². The molecule has 1 heterocycles. The van der Waals surface area contributed by atoms with E-state index in [9.17, 15) is 0 Å². The number of benzene rings is 1. The molecule has 0 atom stereocenters. The molecule has 0 saturated heterocycles. The van der Waals surface area contributed by atoms with E-state index in [0.717, 1.165) is 11.5 Å². The summed E-state index contributed by atoms with van der Waals surface area (Å²) < 4.78 is 2.01. The molecule has 72 valence electrons. The molecule has 0 unspecified atom stereocenters. The maximum Gasteiger partial charge on any atom is 0.124 e. The standard InChI is InChI=1S/C11H13N3/c1-10-12-8-9-14(10)13(2)11-6-4-3-5-7-11/h3-9H,1-2H3. The minimum absolute atomic E-state index is 0.983. The van der Waals surface area contributed by atoms with Gasteiger partial charge < -0.3 is 0 Å². The van der Waals surface area contributed by atoms with E-state index in [2.05, 4.69) is 22.1 Å². The summed E-state index contributed by atoms with van der Waals surface area (Å²) in [7, 11) is 2.02. The molecule has 0 bridgehead atoms. The zero-order valence-corrected chi connectivity index (χ0v) is 8.38. The summed E-state index contributed by atoms with van der Waals surface area (Å²) in [5.41, 5.74) is 1.15. The molecule has 0 spiro atoms. The normalized spacial score (nSPS) is 10.1. The van der Waals surface area contributed by atoms with Crippen molar-refractivity contribution in [2.75, 3.05) is 12.1 Å². The summed E-state index contributed by atoms with van der Waals surface area (Å²) in [5.74, 6) is 0.983. The number of aryl methyl sites for hydroxylation is 1. The monoisotopic (exact) mass is 187 g/mol. The fourth-order valence-corrected chi connectivity index (χ4v) is 1.46. The second-order valence-electron chi connectivity index (χ2n) is 3.18. The Kier molecular flexibility index (Phi) is 2.23. The minimum atomic E-state index is 0.983. The molecule has 0 radical (unpaired) electrons. The Labute approximate surface area is 83.6 Å². The van der Waals surface area contributed by atoms with Gasteiger partial charge in [0.1, 0.15) is 5.82 Å². The van der Waals surface area contributed by atoms with Gasteiger partial charge in [-0.2, -0.15) is 0 Å². The quantitative estimate of drug-likeness (QED) is 0.717. The predicted molar refractivity (Wildman–Crippen MR) is 57.2 cm³/mol. The zero-order chi connectivity index (χ0) is 9.97. The Bertz CT molecular complexity index is 405. The van der Waals surface area contributed by atoms with Gasteiger partial charge >= 0.3 is 0 Å². The van der Waals surface area contributed by atoms with E-state index in [-0.39, 0.29) is 0 Å². The van der Waals surface area contributed by atoms with Crippen molar-refractivity contribution in [1.29, 1.82) is 0 Å². The van der Waals surface area contributed by atoms with Gasteiger partial charge in [0.15, 0.2) is 0 Å². The largest absolute Gasteiger partial charge is 0.283 e. The lowest BCUT2D eigenvalue weighted by Crippen LogP contribution is -2.24. The van der Waals surface area contributed by atoms with Gasteiger partial charge in [0.25, 0.3) is 0 Å². The SMILES string of the molecule is Cc1nccn1N(C)c1ccccc1. The third-order valence-corrected chi connectivity index (χ3v) is 2.25. The highest BCUT2D eigenvalue weighted by molar-refractivity contribution is 5.44. The van der Waals surface area contributed by atoms with Crippen LogP contribution in [0.5, 0.6) is 0 Å². The van der Waals surface area contributed by atoms with Crippen LogP contribution in [0.3, 0.4) is 0 Å². The molecule has 0 N–H and O–H groups in total. The molecule has 2 rings (SSSR count). The molecule has 0 saturated carbocycles. The van der Waals surface area contributed by atoms with Crippen LogP contribution in [0.4, 0.5) is 5.69 Å². The maximum absolute atomic E-state index is 4.18. The molecule has 1 aromatic carbocycles. The Morgan fingerprint density at radius 3 is 2.50 bits per heavy atom. The van der Waals surface area contributed by atoms with Crippen molar-refractivity contribution in [3.8, 4) is 0 Å². The third kappa shape index (κ3) is 1.48. The van der Waals surface area contributed by atoms with Crippen molar-refractivity contribution in [1.82, 2.24) is 9.66 Å². The minimum Gasteiger partial charge on any atom is -0.283 e. The van der Waals surface area contributed by atoms with Crippen molar-refractivity contribution < 1.29 is 0 Å². The second-order valence-corrected chi connectivity index (χ2v) is 3.18. The van der Waals surface area contributed by atoms with E-state index in [0.29, 0.717) is 0 Å². The third-order valence-electron chi connectivity index (χ3n) is 2.25. The number of aromatic nitrogens is 2. The smallest absolute Gasteiger partial charge is 0.124 e. The van der Waals surface area contributed by atoms with E-state index in [4.69, 9.17) is 0 Å². The fourth-order valence-electron chi connectivity index (χ4n) is 1.46. The molecule has 0 aliphatic heterocycles. The molecule has 14 heavy (non-hydrogen) atoms. The number of anilines is 1. The first-order valence-corrected chi connectivity index (χ1v) is 4.58. The summed E-state index contributed by atoms with van der Waals surface area (Å²) in [6, 6.07) is 10.2. The van der Waals surface area contributed by atoms with Crippen LogP contribution in [0.15, 0.2) is 42.7 Å². The summed E-state index contributed by atoms with van der Waals surface area (Å²) in [4.78, 5) is 4.18. The van der Waals surface area contributed by atoms with Crippen LogP contribution in [0.1, 0.15) is 5.82 Å². The van der Waals surface area contributed by atoms with Crippen LogP contribution in [0.2, 0.25) is 0 Å². The van der Waals surface area contributed by atoms with Gasteiger partial charge in [0.2, 0.25) is 0 Å². The highest BCUT2D eigenvalue weighted by atomic mass is 15.5. The average Bonchev–Trinajstić information content (AvgIpc) is 2.65. The summed E-state index contributed by atoms with van der Waals surface area (Å²) in [5, 5.41) is 2.06. The lowest BCUT2D eigenvalue weighted by molar-refractivity contribution is 0.741. The Balaban J connectivity index is 2.34. The predicted octanol–water partition coefficient (Wildman–Crippen LogP) is 2.09. The van der Waals surface area contributed by atoms with Crippen LogP contribution < -0.4 is 5.01 Å². The van der Waals surface area contributed by atoms with Crippen LogP contribution in [-0.2, 0) is 0 Å². The summed E-state index contributed by atoms with van der Waals surface area (Å²) >= 11 is 0. The molecule has 0 aliphatic carbocycles.